The molecule has 0 amide bonds. The molecule has 2 rings (SSSR count). The summed E-state index contributed by atoms with van der Waals surface area (Å²) >= 11 is 1.76. The Morgan fingerprint density at radius 1 is 1.58 bits per heavy atom. The van der Waals surface area contributed by atoms with Crippen molar-refractivity contribution in [3.63, 3.8) is 0 Å². The quantitative estimate of drug-likeness (QED) is 0.703. The van der Waals surface area contributed by atoms with Gasteiger partial charge in [-0.15, -0.1) is 11.3 Å². The van der Waals surface area contributed by atoms with Gasteiger partial charge in [0, 0.05) is 17.1 Å². The number of nitrogens with zero attached hydrogens (tertiary/aromatic N) is 1. The Morgan fingerprint density at radius 2 is 2.50 bits per heavy atom. The summed E-state index contributed by atoms with van der Waals surface area (Å²) in [5.74, 6) is 0. The highest BCUT2D eigenvalue weighted by atomic mass is 32.1. The lowest BCUT2D eigenvalue weighted by atomic mass is 10.3. The molecule has 1 aromatic rings. The van der Waals surface area contributed by atoms with Crippen molar-refractivity contribution in [1.29, 1.82) is 0 Å². The summed E-state index contributed by atoms with van der Waals surface area (Å²) < 4.78 is 0. The second-order valence-electron chi connectivity index (χ2n) is 3.30. The van der Waals surface area contributed by atoms with Gasteiger partial charge in [0.05, 0.1) is 5.51 Å². The van der Waals surface area contributed by atoms with Gasteiger partial charge in [0.1, 0.15) is 0 Å². The Labute approximate surface area is 77.0 Å². The van der Waals surface area contributed by atoms with Crippen LogP contribution in [0.25, 0.3) is 0 Å². The van der Waals surface area contributed by atoms with E-state index in [4.69, 9.17) is 0 Å². The first-order chi connectivity index (χ1) is 5.95. The molecule has 0 atom stereocenters. The van der Waals surface area contributed by atoms with Crippen LogP contribution in [0.2, 0.25) is 0 Å². The fraction of sp³-hybridized carbons (Fsp3) is 0.667. The molecule has 0 saturated heterocycles. The van der Waals surface area contributed by atoms with Crippen LogP contribution in [0.1, 0.15) is 24.1 Å². The van der Waals surface area contributed by atoms with E-state index in [0.717, 1.165) is 6.04 Å². The molecule has 3 heteroatoms. The number of aromatic nitrogens is 1. The van der Waals surface area contributed by atoms with Crippen molar-refractivity contribution in [2.45, 2.75) is 31.7 Å². The fourth-order valence-corrected chi connectivity index (χ4v) is 1.86. The normalized spacial score (nSPS) is 16.7. The van der Waals surface area contributed by atoms with Crippen molar-refractivity contribution in [1.82, 2.24) is 10.3 Å². The summed E-state index contributed by atoms with van der Waals surface area (Å²) in [6.45, 7) is 1.17. The van der Waals surface area contributed by atoms with Gasteiger partial charge >= 0.3 is 0 Å². The molecular weight excluding hydrogens is 168 g/mol. The fourth-order valence-electron chi connectivity index (χ4n) is 1.22. The van der Waals surface area contributed by atoms with Gasteiger partial charge in [-0.2, -0.15) is 0 Å². The van der Waals surface area contributed by atoms with E-state index in [9.17, 15) is 0 Å². The van der Waals surface area contributed by atoms with Crippen LogP contribution in [0.4, 0.5) is 0 Å². The van der Waals surface area contributed by atoms with Crippen molar-refractivity contribution >= 4 is 11.3 Å². The van der Waals surface area contributed by atoms with E-state index in [2.05, 4.69) is 10.3 Å². The molecule has 0 bridgehead atoms. The maximum Gasteiger partial charge on any atom is 0.0794 e. The van der Waals surface area contributed by atoms with E-state index in [1.54, 1.807) is 11.3 Å². The van der Waals surface area contributed by atoms with Gasteiger partial charge in [0.25, 0.3) is 0 Å². The van der Waals surface area contributed by atoms with E-state index >= 15 is 0 Å². The topological polar surface area (TPSA) is 24.9 Å². The number of rotatable bonds is 5. The highest BCUT2D eigenvalue weighted by Crippen LogP contribution is 2.18. The molecule has 0 unspecified atom stereocenters. The van der Waals surface area contributed by atoms with Gasteiger partial charge in [-0.1, -0.05) is 0 Å². The zero-order valence-electron chi connectivity index (χ0n) is 7.12. The molecule has 0 aromatic carbocycles. The second-order valence-corrected chi connectivity index (χ2v) is 4.27. The Kier molecular flexibility index (Phi) is 2.74. The number of thiazole rings is 1. The van der Waals surface area contributed by atoms with Crippen LogP contribution >= 0.6 is 11.3 Å². The summed E-state index contributed by atoms with van der Waals surface area (Å²) in [7, 11) is 0. The zero-order valence-corrected chi connectivity index (χ0v) is 7.94. The van der Waals surface area contributed by atoms with E-state index < -0.39 is 0 Å². The molecule has 0 aliphatic heterocycles. The summed E-state index contributed by atoms with van der Waals surface area (Å²) in [5.41, 5.74) is 1.91. The van der Waals surface area contributed by atoms with Gasteiger partial charge in [-0.25, -0.2) is 0 Å². The van der Waals surface area contributed by atoms with Crippen LogP contribution in [-0.2, 0) is 6.42 Å². The average Bonchev–Trinajstić information content (AvgIpc) is 2.76. The third-order valence-corrected chi connectivity index (χ3v) is 2.93. The summed E-state index contributed by atoms with van der Waals surface area (Å²) in [6, 6.07) is 0.853. The predicted molar refractivity (Wildman–Crippen MR) is 51.5 cm³/mol. The summed E-state index contributed by atoms with van der Waals surface area (Å²) in [6.07, 6.45) is 7.19. The van der Waals surface area contributed by atoms with Crippen LogP contribution in [0.15, 0.2) is 11.7 Å². The Hall–Kier alpha value is -0.410. The molecule has 1 saturated carbocycles. The lowest BCUT2D eigenvalue weighted by Crippen LogP contribution is -2.17. The van der Waals surface area contributed by atoms with E-state index in [1.807, 2.05) is 11.7 Å². The molecule has 0 spiro atoms. The van der Waals surface area contributed by atoms with Gasteiger partial charge in [0.15, 0.2) is 0 Å². The molecule has 0 radical (unpaired) electrons. The molecule has 12 heavy (non-hydrogen) atoms. The minimum absolute atomic E-state index is 0.853. The van der Waals surface area contributed by atoms with Gasteiger partial charge in [-0.05, 0) is 32.2 Å². The van der Waals surface area contributed by atoms with Crippen molar-refractivity contribution in [3.05, 3.63) is 16.6 Å². The first-order valence-electron chi connectivity index (χ1n) is 4.56. The van der Waals surface area contributed by atoms with E-state index in [-0.39, 0.29) is 0 Å². The maximum absolute atomic E-state index is 4.05. The minimum atomic E-state index is 0.853. The molecule has 1 N–H and O–H groups in total. The standard InChI is InChI=1S/C9H14N2S/c1(5-11-8-3-4-8)2-9-6-10-7-12-9/h6-8,11H,1-5H2. The van der Waals surface area contributed by atoms with E-state index in [1.165, 1.54) is 37.1 Å². The second kappa shape index (κ2) is 4.01. The molecule has 1 heterocycles. The van der Waals surface area contributed by atoms with E-state index in [0.29, 0.717) is 0 Å². The van der Waals surface area contributed by atoms with Crippen molar-refractivity contribution in [2.24, 2.45) is 0 Å². The summed E-state index contributed by atoms with van der Waals surface area (Å²) in [4.78, 5) is 5.46. The minimum Gasteiger partial charge on any atom is -0.314 e. The third-order valence-electron chi connectivity index (χ3n) is 2.09. The van der Waals surface area contributed by atoms with Crippen molar-refractivity contribution in [2.75, 3.05) is 6.54 Å². The molecule has 1 fully saturated rings. The molecule has 1 aromatic heterocycles. The third kappa shape index (κ3) is 2.57. The molecule has 66 valence electrons. The number of hydrogen-bond donors (Lipinski definition) is 1. The maximum atomic E-state index is 4.05. The van der Waals surface area contributed by atoms with Crippen LogP contribution in [0.5, 0.6) is 0 Å². The number of nitrogens with one attached hydrogen (secondary N) is 1. The summed E-state index contributed by atoms with van der Waals surface area (Å²) in [5, 5.41) is 3.50. The first kappa shape index (κ1) is 8.20. The highest BCUT2D eigenvalue weighted by Gasteiger charge is 2.19. The smallest absolute Gasteiger partial charge is 0.0794 e. The van der Waals surface area contributed by atoms with Crippen molar-refractivity contribution in [3.8, 4) is 0 Å². The van der Waals surface area contributed by atoms with Crippen molar-refractivity contribution < 1.29 is 0 Å². The van der Waals surface area contributed by atoms with Crippen LogP contribution in [0, 0.1) is 0 Å². The molecular formula is C9H14N2S. The average molecular weight is 182 g/mol. The Morgan fingerprint density at radius 3 is 3.17 bits per heavy atom. The monoisotopic (exact) mass is 182 g/mol. The first-order valence-corrected chi connectivity index (χ1v) is 5.44. The Balaban J connectivity index is 1.56. The van der Waals surface area contributed by atoms with Gasteiger partial charge in [0.2, 0.25) is 0 Å². The SMILES string of the molecule is c1ncc(CCCNC2CC2)s1. The van der Waals surface area contributed by atoms with Crippen LogP contribution in [-0.4, -0.2) is 17.6 Å². The predicted octanol–water partition coefficient (Wildman–Crippen LogP) is 1.83. The molecule has 1 aliphatic rings. The number of hydrogen-bond acceptors (Lipinski definition) is 3. The highest BCUT2D eigenvalue weighted by molar-refractivity contribution is 7.09. The van der Waals surface area contributed by atoms with Gasteiger partial charge in [-0.3, -0.25) is 4.98 Å². The lowest BCUT2D eigenvalue weighted by Gasteiger charge is -1.99. The van der Waals surface area contributed by atoms with Gasteiger partial charge < -0.3 is 5.32 Å². The lowest BCUT2D eigenvalue weighted by molar-refractivity contribution is 0.647. The largest absolute Gasteiger partial charge is 0.314 e. The molecule has 2 nitrogen and oxygen atoms in total. The van der Waals surface area contributed by atoms with Crippen LogP contribution < -0.4 is 5.32 Å². The zero-order chi connectivity index (χ0) is 8.23. The number of aryl methyl sites for hydroxylation is 1. The molecule has 1 aliphatic carbocycles. The Bertz CT molecular complexity index is 216. The van der Waals surface area contributed by atoms with Crippen LogP contribution in [0.3, 0.4) is 0 Å².